The van der Waals surface area contributed by atoms with Gasteiger partial charge in [-0.05, 0) is 60.4 Å². The van der Waals surface area contributed by atoms with Gasteiger partial charge in [0.05, 0.1) is 7.11 Å². The molecule has 0 saturated carbocycles. The van der Waals surface area contributed by atoms with Crippen LogP contribution in [-0.4, -0.2) is 7.11 Å². The summed E-state index contributed by atoms with van der Waals surface area (Å²) in [4.78, 5) is 0. The van der Waals surface area contributed by atoms with Crippen molar-refractivity contribution in [2.45, 2.75) is 32.9 Å². The molecule has 0 aliphatic rings. The van der Waals surface area contributed by atoms with E-state index in [1.807, 2.05) is 18.2 Å². The van der Waals surface area contributed by atoms with Gasteiger partial charge < -0.3 is 14.8 Å². The third-order valence-electron chi connectivity index (χ3n) is 5.02. The molecule has 1 N–H and O–H groups in total. The van der Waals surface area contributed by atoms with Crippen molar-refractivity contribution in [2.75, 3.05) is 12.4 Å². The maximum Gasteiger partial charge on any atom is 0.165 e. The summed E-state index contributed by atoms with van der Waals surface area (Å²) < 4.78 is 11.8. The van der Waals surface area contributed by atoms with Gasteiger partial charge in [-0.1, -0.05) is 54.4 Å². The predicted molar refractivity (Wildman–Crippen MR) is 131 cm³/mol. The number of allylic oxidation sites excluding steroid dienone is 1. The Balaban J connectivity index is 1.79. The van der Waals surface area contributed by atoms with Crippen LogP contribution in [0.4, 0.5) is 5.69 Å². The third kappa shape index (κ3) is 6.19. The van der Waals surface area contributed by atoms with Crippen LogP contribution in [0.25, 0.3) is 0 Å². The van der Waals surface area contributed by atoms with Crippen LogP contribution in [0.3, 0.4) is 0 Å². The summed E-state index contributed by atoms with van der Waals surface area (Å²) in [6.45, 7) is 7.03. The minimum absolute atomic E-state index is 0.317. The van der Waals surface area contributed by atoms with Crippen LogP contribution in [0.15, 0.2) is 67.3 Å². The first-order valence-corrected chi connectivity index (χ1v) is 11.0. The van der Waals surface area contributed by atoms with Crippen molar-refractivity contribution in [1.82, 2.24) is 0 Å². The lowest BCUT2D eigenvalue weighted by Gasteiger charge is -2.17. The second-order valence-corrected chi connectivity index (χ2v) is 8.05. The number of benzene rings is 3. The number of ether oxygens (including phenoxy) is 2. The second-order valence-electron chi connectivity index (χ2n) is 7.21. The highest BCUT2D eigenvalue weighted by molar-refractivity contribution is 6.35. The lowest BCUT2D eigenvalue weighted by Crippen LogP contribution is -2.05. The molecule has 0 radical (unpaired) electrons. The zero-order valence-electron chi connectivity index (χ0n) is 17.9. The quantitative estimate of drug-likeness (QED) is 0.321. The van der Waals surface area contributed by atoms with Crippen molar-refractivity contribution < 1.29 is 9.47 Å². The number of halogens is 2. The van der Waals surface area contributed by atoms with Gasteiger partial charge in [-0.2, -0.15) is 0 Å². The molecule has 0 heterocycles. The van der Waals surface area contributed by atoms with Crippen LogP contribution < -0.4 is 14.8 Å². The number of hydrogen-bond donors (Lipinski definition) is 1. The summed E-state index contributed by atoms with van der Waals surface area (Å²) in [7, 11) is 1.65. The fraction of sp³-hybridized carbons (Fsp3) is 0.231. The molecule has 0 amide bonds. The summed E-state index contributed by atoms with van der Waals surface area (Å²) in [5, 5.41) is 4.64. The monoisotopic (exact) mass is 455 g/mol. The van der Waals surface area contributed by atoms with Crippen molar-refractivity contribution in [2.24, 2.45) is 0 Å². The lowest BCUT2D eigenvalue weighted by molar-refractivity contribution is 0.282. The van der Waals surface area contributed by atoms with Crippen molar-refractivity contribution >= 4 is 28.9 Å². The predicted octanol–water partition coefficient (Wildman–Crippen LogP) is 7.48. The van der Waals surface area contributed by atoms with E-state index in [0.717, 1.165) is 28.8 Å². The standard InChI is InChI=1S/C26H27Cl2NO2/c1-4-6-20-13-19(16-29-23-11-7-18(5-2)8-12-23)14-25(30-3)26(20)31-17-21-9-10-22(27)15-24(21)28/h4,7-15,29H,1,5-6,16-17H2,2-3H3. The van der Waals surface area contributed by atoms with Crippen molar-refractivity contribution in [1.29, 1.82) is 0 Å². The second kappa shape index (κ2) is 11.1. The molecule has 31 heavy (non-hydrogen) atoms. The third-order valence-corrected chi connectivity index (χ3v) is 5.61. The van der Waals surface area contributed by atoms with E-state index in [9.17, 15) is 0 Å². The topological polar surface area (TPSA) is 30.5 Å². The van der Waals surface area contributed by atoms with Crippen molar-refractivity contribution in [3.8, 4) is 11.5 Å². The van der Waals surface area contributed by atoms with E-state index in [1.165, 1.54) is 5.56 Å². The Labute approximate surface area is 194 Å². The van der Waals surface area contributed by atoms with Gasteiger partial charge in [0.15, 0.2) is 11.5 Å². The molecule has 0 aliphatic heterocycles. The Bertz CT molecular complexity index is 1030. The number of anilines is 1. The Kier molecular flexibility index (Phi) is 8.27. The van der Waals surface area contributed by atoms with Gasteiger partial charge in [-0.25, -0.2) is 0 Å². The van der Waals surface area contributed by atoms with E-state index in [4.69, 9.17) is 32.7 Å². The summed E-state index contributed by atoms with van der Waals surface area (Å²) in [5.74, 6) is 1.38. The summed E-state index contributed by atoms with van der Waals surface area (Å²) in [6.07, 6.45) is 3.56. The number of hydrogen-bond acceptors (Lipinski definition) is 3. The molecule has 0 saturated heterocycles. The Hall–Kier alpha value is -2.62. The molecule has 0 aliphatic carbocycles. The summed E-state index contributed by atoms with van der Waals surface area (Å²) in [5.41, 5.74) is 5.38. The molecule has 162 valence electrons. The number of rotatable bonds is 10. The molecule has 0 atom stereocenters. The summed E-state index contributed by atoms with van der Waals surface area (Å²) >= 11 is 12.3. The molecule has 3 aromatic carbocycles. The first kappa shape index (κ1) is 23.1. The Morgan fingerprint density at radius 3 is 2.39 bits per heavy atom. The van der Waals surface area contributed by atoms with Crippen molar-refractivity contribution in [3.05, 3.63) is 99.6 Å². The first-order chi connectivity index (χ1) is 15.0. The van der Waals surface area contributed by atoms with Gasteiger partial charge >= 0.3 is 0 Å². The minimum atomic E-state index is 0.317. The van der Waals surface area contributed by atoms with E-state index >= 15 is 0 Å². The molecule has 3 nitrogen and oxygen atoms in total. The average molecular weight is 456 g/mol. The molecule has 0 fully saturated rings. The van der Waals surface area contributed by atoms with Gasteiger partial charge in [0.2, 0.25) is 0 Å². The Morgan fingerprint density at radius 2 is 1.74 bits per heavy atom. The minimum Gasteiger partial charge on any atom is -0.493 e. The first-order valence-electron chi connectivity index (χ1n) is 10.2. The Morgan fingerprint density at radius 1 is 0.968 bits per heavy atom. The summed E-state index contributed by atoms with van der Waals surface area (Å²) in [6, 6.07) is 18.0. The molecular formula is C26H27Cl2NO2. The van der Waals surface area contributed by atoms with Gasteiger partial charge in [0, 0.05) is 33.4 Å². The van der Waals surface area contributed by atoms with Gasteiger partial charge in [-0.15, -0.1) is 6.58 Å². The molecule has 0 bridgehead atoms. The largest absolute Gasteiger partial charge is 0.493 e. The molecule has 0 spiro atoms. The van der Waals surface area contributed by atoms with E-state index in [2.05, 4.69) is 49.2 Å². The molecule has 0 aromatic heterocycles. The number of aryl methyl sites for hydroxylation is 1. The van der Waals surface area contributed by atoms with E-state index in [0.29, 0.717) is 41.1 Å². The highest BCUT2D eigenvalue weighted by atomic mass is 35.5. The smallest absolute Gasteiger partial charge is 0.165 e. The van der Waals surface area contributed by atoms with Gasteiger partial charge in [0.25, 0.3) is 0 Å². The maximum atomic E-state index is 6.29. The zero-order valence-corrected chi connectivity index (χ0v) is 19.4. The molecular weight excluding hydrogens is 429 g/mol. The van der Waals surface area contributed by atoms with Gasteiger partial charge in [-0.3, -0.25) is 0 Å². The van der Waals surface area contributed by atoms with Crippen LogP contribution in [-0.2, 0) is 26.0 Å². The average Bonchev–Trinajstić information content (AvgIpc) is 2.78. The van der Waals surface area contributed by atoms with Crippen LogP contribution in [0.5, 0.6) is 11.5 Å². The fourth-order valence-electron chi connectivity index (χ4n) is 3.30. The highest BCUT2D eigenvalue weighted by Gasteiger charge is 2.14. The number of methoxy groups -OCH3 is 1. The van der Waals surface area contributed by atoms with Crippen LogP contribution in [0.1, 0.15) is 29.2 Å². The van der Waals surface area contributed by atoms with E-state index in [1.54, 1.807) is 19.2 Å². The SMILES string of the molecule is C=CCc1cc(CNc2ccc(CC)cc2)cc(OC)c1OCc1ccc(Cl)cc1Cl. The fourth-order valence-corrected chi connectivity index (χ4v) is 3.76. The lowest BCUT2D eigenvalue weighted by atomic mass is 10.0. The highest BCUT2D eigenvalue weighted by Crippen LogP contribution is 2.35. The van der Waals surface area contributed by atoms with Crippen LogP contribution >= 0.6 is 23.2 Å². The molecule has 5 heteroatoms. The molecule has 3 rings (SSSR count). The van der Waals surface area contributed by atoms with E-state index < -0.39 is 0 Å². The van der Waals surface area contributed by atoms with Crippen LogP contribution in [0.2, 0.25) is 10.0 Å². The van der Waals surface area contributed by atoms with E-state index in [-0.39, 0.29) is 0 Å². The number of nitrogens with one attached hydrogen (secondary N) is 1. The zero-order chi connectivity index (χ0) is 22.2. The van der Waals surface area contributed by atoms with Gasteiger partial charge in [0.1, 0.15) is 6.61 Å². The van der Waals surface area contributed by atoms with Crippen LogP contribution in [0, 0.1) is 0 Å². The van der Waals surface area contributed by atoms with Crippen molar-refractivity contribution in [3.63, 3.8) is 0 Å². The molecule has 0 unspecified atom stereocenters. The molecule has 3 aromatic rings. The normalized spacial score (nSPS) is 10.6. The maximum absolute atomic E-state index is 6.29.